The van der Waals surface area contributed by atoms with Crippen molar-refractivity contribution >= 4 is 43.9 Å². The minimum absolute atomic E-state index is 0.652. The van der Waals surface area contributed by atoms with Crippen LogP contribution >= 0.6 is 0 Å². The van der Waals surface area contributed by atoms with E-state index in [1.165, 1.54) is 0 Å². The fourth-order valence-corrected chi connectivity index (χ4v) is 7.92. The Morgan fingerprint density at radius 2 is 0.946 bits per heavy atom. The van der Waals surface area contributed by atoms with Crippen LogP contribution in [0.2, 0.25) is 0 Å². The van der Waals surface area contributed by atoms with Crippen LogP contribution in [0.4, 0.5) is 0 Å². The van der Waals surface area contributed by atoms with Crippen LogP contribution in [0.5, 0.6) is 0 Å². The van der Waals surface area contributed by atoms with Gasteiger partial charge in [0.25, 0.3) is 0 Å². The smallest absolute Gasteiger partial charge is 0.160 e. The van der Waals surface area contributed by atoms with Gasteiger partial charge in [-0.15, -0.1) is 0 Å². The number of pyridine rings is 1. The molecule has 0 saturated heterocycles. The first-order chi connectivity index (χ1) is 27.7. The summed E-state index contributed by atoms with van der Waals surface area (Å²) in [5, 5.41) is 4.19. The van der Waals surface area contributed by atoms with Crippen LogP contribution in [-0.2, 0) is 0 Å². The number of furan rings is 2. The first-order valence-electron chi connectivity index (χ1n) is 18.7. The van der Waals surface area contributed by atoms with Crippen molar-refractivity contribution in [2.75, 3.05) is 0 Å². The van der Waals surface area contributed by atoms with Gasteiger partial charge in [0.05, 0.1) is 11.4 Å². The minimum atomic E-state index is 0.652. The molecule has 0 N–H and O–H groups in total. The third-order valence-electron chi connectivity index (χ3n) is 10.6. The van der Waals surface area contributed by atoms with Crippen LogP contribution in [0.3, 0.4) is 0 Å². The van der Waals surface area contributed by atoms with Gasteiger partial charge in [-0.2, -0.15) is 0 Å². The summed E-state index contributed by atoms with van der Waals surface area (Å²) < 4.78 is 13.1. The van der Waals surface area contributed by atoms with Crippen LogP contribution in [0.1, 0.15) is 0 Å². The van der Waals surface area contributed by atoms with E-state index in [2.05, 4.69) is 120 Å². The Morgan fingerprint density at radius 3 is 1.68 bits per heavy atom. The molecule has 0 aliphatic carbocycles. The zero-order valence-electron chi connectivity index (χ0n) is 30.1. The molecule has 0 aliphatic heterocycles. The van der Waals surface area contributed by atoms with Crippen molar-refractivity contribution in [1.82, 2.24) is 15.0 Å². The van der Waals surface area contributed by atoms with Gasteiger partial charge in [0.2, 0.25) is 0 Å². The van der Waals surface area contributed by atoms with Crippen molar-refractivity contribution in [1.29, 1.82) is 0 Å². The van der Waals surface area contributed by atoms with Crippen LogP contribution in [0, 0.1) is 0 Å². The highest BCUT2D eigenvalue weighted by Gasteiger charge is 2.22. The van der Waals surface area contributed by atoms with Crippen molar-refractivity contribution in [2.24, 2.45) is 0 Å². The van der Waals surface area contributed by atoms with Crippen molar-refractivity contribution in [3.05, 3.63) is 188 Å². The summed E-state index contributed by atoms with van der Waals surface area (Å²) in [4.78, 5) is 14.7. The highest BCUT2D eigenvalue weighted by Crippen LogP contribution is 2.45. The second-order valence-electron chi connectivity index (χ2n) is 14.0. The largest absolute Gasteiger partial charge is 0.456 e. The van der Waals surface area contributed by atoms with E-state index in [1.807, 2.05) is 66.9 Å². The van der Waals surface area contributed by atoms with E-state index in [1.54, 1.807) is 6.20 Å². The van der Waals surface area contributed by atoms with E-state index in [0.717, 1.165) is 105 Å². The standard InChI is InChI=1S/C51H31N3O2/c1-2-10-35(11-3-1)43-30-44(54-51(53-43)36-25-23-33(24-26-36)32-19-21-34(22-20-32)37-12-9-29-52-31-37)40-28-27-39(50-49(40)42-14-5-7-17-46(42)56-50)38-15-8-18-47-48(38)41-13-4-6-16-45(41)55-47/h1-31H. The fourth-order valence-electron chi connectivity index (χ4n) is 7.92. The van der Waals surface area contributed by atoms with Gasteiger partial charge in [-0.25, -0.2) is 9.97 Å². The van der Waals surface area contributed by atoms with E-state index < -0.39 is 0 Å². The molecule has 0 bridgehead atoms. The fraction of sp³-hybridized carbons (Fsp3) is 0. The molecule has 56 heavy (non-hydrogen) atoms. The first kappa shape index (κ1) is 31.9. The Kier molecular flexibility index (Phi) is 7.42. The Morgan fingerprint density at radius 1 is 0.357 bits per heavy atom. The van der Waals surface area contributed by atoms with Gasteiger partial charge in [0.1, 0.15) is 22.3 Å². The van der Waals surface area contributed by atoms with E-state index in [4.69, 9.17) is 18.8 Å². The second kappa shape index (κ2) is 13.0. The Bertz CT molecular complexity index is 3220. The van der Waals surface area contributed by atoms with E-state index >= 15 is 0 Å². The molecule has 11 aromatic rings. The zero-order valence-corrected chi connectivity index (χ0v) is 30.1. The van der Waals surface area contributed by atoms with E-state index in [0.29, 0.717) is 5.82 Å². The third kappa shape index (κ3) is 5.37. The maximum Gasteiger partial charge on any atom is 0.160 e. The summed E-state index contributed by atoms with van der Waals surface area (Å²) in [6.45, 7) is 0. The molecule has 0 amide bonds. The summed E-state index contributed by atoms with van der Waals surface area (Å²) in [5.74, 6) is 0.652. The highest BCUT2D eigenvalue weighted by atomic mass is 16.3. The quantitative estimate of drug-likeness (QED) is 0.171. The first-order valence-corrected chi connectivity index (χ1v) is 18.7. The summed E-state index contributed by atoms with van der Waals surface area (Å²) in [5.41, 5.74) is 14.5. The van der Waals surface area contributed by atoms with Gasteiger partial charge in [0.15, 0.2) is 5.82 Å². The molecule has 5 nitrogen and oxygen atoms in total. The maximum absolute atomic E-state index is 6.78. The lowest BCUT2D eigenvalue weighted by atomic mass is 9.94. The van der Waals surface area contributed by atoms with Gasteiger partial charge in [0, 0.05) is 56.2 Å². The number of aromatic nitrogens is 3. The van der Waals surface area contributed by atoms with Crippen LogP contribution in [0.25, 0.3) is 111 Å². The predicted octanol–water partition coefficient (Wildman–Crippen LogP) is 13.7. The number of rotatable bonds is 6. The monoisotopic (exact) mass is 717 g/mol. The molecule has 11 rings (SSSR count). The summed E-state index contributed by atoms with van der Waals surface area (Å²) >= 11 is 0. The average Bonchev–Trinajstić information content (AvgIpc) is 3.86. The Hall–Kier alpha value is -7.63. The predicted molar refractivity (Wildman–Crippen MR) is 227 cm³/mol. The molecule has 0 aliphatic rings. The van der Waals surface area contributed by atoms with Gasteiger partial charge >= 0.3 is 0 Å². The van der Waals surface area contributed by atoms with Gasteiger partial charge in [-0.1, -0.05) is 140 Å². The van der Waals surface area contributed by atoms with E-state index in [9.17, 15) is 0 Å². The van der Waals surface area contributed by atoms with Crippen LogP contribution in [-0.4, -0.2) is 15.0 Å². The van der Waals surface area contributed by atoms with Gasteiger partial charge in [-0.3, -0.25) is 4.98 Å². The lowest BCUT2D eigenvalue weighted by Gasteiger charge is -2.12. The molecule has 0 radical (unpaired) electrons. The lowest BCUT2D eigenvalue weighted by molar-refractivity contribution is 0.668. The van der Waals surface area contributed by atoms with Crippen molar-refractivity contribution in [3.63, 3.8) is 0 Å². The van der Waals surface area contributed by atoms with Gasteiger partial charge < -0.3 is 8.83 Å². The normalized spacial score (nSPS) is 11.6. The molecule has 7 aromatic carbocycles. The SMILES string of the molecule is c1ccc(-c2cc(-c3ccc(-c4cccc5oc6ccccc6c45)c4oc5ccccc5c34)nc(-c3ccc(-c4ccc(-c5cccnc5)cc4)cc3)n2)cc1. The Labute approximate surface area is 322 Å². The zero-order chi connectivity index (χ0) is 37.0. The number of hydrogen-bond acceptors (Lipinski definition) is 5. The average molecular weight is 718 g/mol. The van der Waals surface area contributed by atoms with Crippen molar-refractivity contribution in [2.45, 2.75) is 0 Å². The molecule has 4 heterocycles. The Balaban J connectivity index is 1.07. The third-order valence-corrected chi connectivity index (χ3v) is 10.6. The number of fused-ring (bicyclic) bond motifs is 6. The van der Waals surface area contributed by atoms with Crippen molar-refractivity contribution in [3.8, 4) is 67.3 Å². The molecule has 0 saturated carbocycles. The molecule has 0 unspecified atom stereocenters. The summed E-state index contributed by atoms with van der Waals surface area (Å²) in [6, 6.07) is 60.5. The van der Waals surface area contributed by atoms with Gasteiger partial charge in [-0.05, 0) is 64.2 Å². The number of para-hydroxylation sites is 2. The molecule has 262 valence electrons. The summed E-state index contributed by atoms with van der Waals surface area (Å²) in [7, 11) is 0. The van der Waals surface area contributed by atoms with Crippen molar-refractivity contribution < 1.29 is 8.83 Å². The summed E-state index contributed by atoms with van der Waals surface area (Å²) in [6.07, 6.45) is 3.68. The second-order valence-corrected chi connectivity index (χ2v) is 14.0. The van der Waals surface area contributed by atoms with E-state index in [-0.39, 0.29) is 0 Å². The molecule has 5 heteroatoms. The molecule has 0 fully saturated rings. The highest BCUT2D eigenvalue weighted by molar-refractivity contribution is 6.20. The van der Waals surface area contributed by atoms with Crippen LogP contribution < -0.4 is 0 Å². The molecular weight excluding hydrogens is 687 g/mol. The maximum atomic E-state index is 6.78. The topological polar surface area (TPSA) is 65.0 Å². The lowest BCUT2D eigenvalue weighted by Crippen LogP contribution is -1.96. The molecule has 0 atom stereocenters. The number of nitrogens with zero attached hydrogens (tertiary/aromatic N) is 3. The molecule has 4 aromatic heterocycles. The molecular formula is C51H31N3O2. The number of benzene rings is 7. The number of hydrogen-bond donors (Lipinski definition) is 0. The minimum Gasteiger partial charge on any atom is -0.456 e. The molecule has 0 spiro atoms. The van der Waals surface area contributed by atoms with Crippen LogP contribution in [0.15, 0.2) is 197 Å².